The van der Waals surface area contributed by atoms with Gasteiger partial charge in [-0.05, 0) is 18.2 Å². The summed E-state index contributed by atoms with van der Waals surface area (Å²) < 4.78 is 5.32. The van der Waals surface area contributed by atoms with Crippen molar-refractivity contribution in [3.05, 3.63) is 23.8 Å². The Kier molecular flexibility index (Phi) is 2.80. The van der Waals surface area contributed by atoms with E-state index in [0.29, 0.717) is 5.69 Å². The van der Waals surface area contributed by atoms with E-state index < -0.39 is 6.10 Å². The van der Waals surface area contributed by atoms with Crippen molar-refractivity contribution in [2.45, 2.75) is 6.10 Å². The van der Waals surface area contributed by atoms with Crippen LogP contribution < -0.4 is 10.6 Å². The van der Waals surface area contributed by atoms with Crippen LogP contribution in [-0.2, 0) is 9.53 Å². The van der Waals surface area contributed by atoms with E-state index in [2.05, 4.69) is 0 Å². The van der Waals surface area contributed by atoms with Crippen molar-refractivity contribution in [3.63, 3.8) is 0 Å². The molecule has 0 aliphatic carbocycles. The van der Waals surface area contributed by atoms with Crippen LogP contribution in [-0.4, -0.2) is 31.3 Å². The maximum Gasteiger partial charge on any atom is 0.260 e. The van der Waals surface area contributed by atoms with Crippen LogP contribution in [0.15, 0.2) is 18.2 Å². The number of nitrogen functional groups attached to an aromatic ring is 1. The third-order valence-corrected chi connectivity index (χ3v) is 2.63. The summed E-state index contributed by atoms with van der Waals surface area (Å²) in [6.45, 7) is 0.0314. The van der Waals surface area contributed by atoms with Gasteiger partial charge in [-0.2, -0.15) is 0 Å². The molecule has 1 amide bonds. The van der Waals surface area contributed by atoms with Crippen LogP contribution in [0.4, 0.5) is 11.4 Å². The zero-order chi connectivity index (χ0) is 11.7. The summed E-state index contributed by atoms with van der Waals surface area (Å²) in [4.78, 5) is 13.4. The van der Waals surface area contributed by atoms with Crippen LogP contribution in [0.5, 0.6) is 0 Å². The lowest BCUT2D eigenvalue weighted by atomic mass is 10.1. The summed E-state index contributed by atoms with van der Waals surface area (Å²) >= 11 is 0. The predicted octanol–water partition coefficient (Wildman–Crippen LogP) is 0.295. The highest BCUT2D eigenvalue weighted by molar-refractivity contribution is 6.03. The minimum atomic E-state index is -0.643. The third kappa shape index (κ3) is 1.64. The Hall–Kier alpha value is -1.59. The summed E-state index contributed by atoms with van der Waals surface area (Å²) in [5, 5.41) is 8.71. The van der Waals surface area contributed by atoms with E-state index in [1.807, 2.05) is 0 Å². The SMILES string of the molecule is CN1C(=O)C(OCCO)c2cc(N)ccc21. The van der Waals surface area contributed by atoms with E-state index in [1.54, 1.807) is 25.2 Å². The van der Waals surface area contributed by atoms with E-state index in [4.69, 9.17) is 15.6 Å². The van der Waals surface area contributed by atoms with Gasteiger partial charge in [0.05, 0.1) is 13.2 Å². The molecule has 1 atom stereocenters. The molecule has 5 heteroatoms. The second kappa shape index (κ2) is 4.11. The molecule has 0 saturated carbocycles. The van der Waals surface area contributed by atoms with Gasteiger partial charge in [0.2, 0.25) is 0 Å². The van der Waals surface area contributed by atoms with Crippen LogP contribution >= 0.6 is 0 Å². The van der Waals surface area contributed by atoms with Crippen LogP contribution in [0.1, 0.15) is 11.7 Å². The molecular weight excluding hydrogens is 208 g/mol. The number of fused-ring (bicyclic) bond motifs is 1. The number of aliphatic hydroxyl groups excluding tert-OH is 1. The quantitative estimate of drug-likeness (QED) is 0.721. The summed E-state index contributed by atoms with van der Waals surface area (Å²) in [5.74, 6) is -0.131. The van der Waals surface area contributed by atoms with Gasteiger partial charge in [0.1, 0.15) is 0 Å². The maximum absolute atomic E-state index is 11.9. The molecule has 1 heterocycles. The Balaban J connectivity index is 2.35. The van der Waals surface area contributed by atoms with Crippen LogP contribution in [0.3, 0.4) is 0 Å². The molecule has 0 radical (unpaired) electrons. The van der Waals surface area contributed by atoms with Gasteiger partial charge in [-0.3, -0.25) is 4.79 Å². The first-order valence-electron chi connectivity index (χ1n) is 5.04. The number of carbonyl (C=O) groups is 1. The highest BCUT2D eigenvalue weighted by atomic mass is 16.5. The molecule has 1 aliphatic rings. The molecule has 0 saturated heterocycles. The van der Waals surface area contributed by atoms with Gasteiger partial charge < -0.3 is 20.5 Å². The van der Waals surface area contributed by atoms with Crippen molar-refractivity contribution in [3.8, 4) is 0 Å². The Morgan fingerprint density at radius 3 is 3.00 bits per heavy atom. The van der Waals surface area contributed by atoms with Crippen molar-refractivity contribution >= 4 is 17.3 Å². The number of amides is 1. The standard InChI is InChI=1S/C11H14N2O3/c1-13-9-3-2-7(12)6-8(9)10(11(13)15)16-5-4-14/h2-3,6,10,14H,4-5,12H2,1H3. The lowest BCUT2D eigenvalue weighted by Crippen LogP contribution is -2.25. The predicted molar refractivity (Wildman–Crippen MR) is 60.0 cm³/mol. The molecule has 86 valence electrons. The molecular formula is C11H14N2O3. The number of hydrogen-bond donors (Lipinski definition) is 2. The fourth-order valence-corrected chi connectivity index (χ4v) is 1.85. The van der Waals surface area contributed by atoms with Gasteiger partial charge in [-0.25, -0.2) is 0 Å². The number of aliphatic hydroxyl groups is 1. The largest absolute Gasteiger partial charge is 0.399 e. The van der Waals surface area contributed by atoms with Gasteiger partial charge in [0.15, 0.2) is 6.10 Å². The lowest BCUT2D eigenvalue weighted by molar-refractivity contribution is -0.129. The van der Waals surface area contributed by atoms with Gasteiger partial charge in [-0.1, -0.05) is 0 Å². The summed E-state index contributed by atoms with van der Waals surface area (Å²) in [6.07, 6.45) is -0.643. The number of ether oxygens (including phenoxy) is 1. The van der Waals surface area contributed by atoms with Crippen molar-refractivity contribution in [2.24, 2.45) is 0 Å². The van der Waals surface area contributed by atoms with Gasteiger partial charge in [0, 0.05) is 24.0 Å². The second-order valence-corrected chi connectivity index (χ2v) is 3.69. The first kappa shape index (κ1) is 10.9. The number of nitrogens with two attached hydrogens (primary N) is 1. The van der Waals surface area contributed by atoms with E-state index in [1.165, 1.54) is 4.90 Å². The Morgan fingerprint density at radius 1 is 1.56 bits per heavy atom. The molecule has 0 spiro atoms. The summed E-state index contributed by atoms with van der Waals surface area (Å²) in [5.41, 5.74) is 7.85. The molecule has 0 fully saturated rings. The minimum absolute atomic E-state index is 0.106. The molecule has 1 aliphatic heterocycles. The van der Waals surface area contributed by atoms with E-state index in [-0.39, 0.29) is 19.1 Å². The number of anilines is 2. The molecule has 3 N–H and O–H groups in total. The normalized spacial score (nSPS) is 19.0. The number of likely N-dealkylation sites (N-methyl/N-ethyl adjacent to an activating group) is 1. The fourth-order valence-electron chi connectivity index (χ4n) is 1.85. The molecule has 1 aromatic rings. The molecule has 5 nitrogen and oxygen atoms in total. The Labute approximate surface area is 93.4 Å². The number of nitrogens with zero attached hydrogens (tertiary/aromatic N) is 1. The first-order chi connectivity index (χ1) is 7.65. The molecule has 0 aromatic heterocycles. The summed E-state index contributed by atoms with van der Waals surface area (Å²) in [6, 6.07) is 5.28. The van der Waals surface area contributed by atoms with Gasteiger partial charge in [0.25, 0.3) is 5.91 Å². The smallest absolute Gasteiger partial charge is 0.260 e. The average Bonchev–Trinajstić information content (AvgIpc) is 2.50. The van der Waals surface area contributed by atoms with E-state index in [0.717, 1.165) is 11.3 Å². The molecule has 0 bridgehead atoms. The van der Waals surface area contributed by atoms with E-state index >= 15 is 0 Å². The van der Waals surface area contributed by atoms with Crippen LogP contribution in [0.2, 0.25) is 0 Å². The van der Waals surface area contributed by atoms with E-state index in [9.17, 15) is 4.79 Å². The Morgan fingerprint density at radius 2 is 2.31 bits per heavy atom. The highest BCUT2D eigenvalue weighted by Gasteiger charge is 2.35. The Bertz CT molecular complexity index is 420. The zero-order valence-electron chi connectivity index (χ0n) is 9.01. The first-order valence-corrected chi connectivity index (χ1v) is 5.04. The van der Waals surface area contributed by atoms with Crippen LogP contribution in [0, 0.1) is 0 Å². The third-order valence-electron chi connectivity index (χ3n) is 2.63. The number of benzene rings is 1. The molecule has 16 heavy (non-hydrogen) atoms. The second-order valence-electron chi connectivity index (χ2n) is 3.69. The number of hydrogen-bond acceptors (Lipinski definition) is 4. The van der Waals surface area contributed by atoms with Crippen molar-refractivity contribution in [1.82, 2.24) is 0 Å². The van der Waals surface area contributed by atoms with Crippen molar-refractivity contribution in [1.29, 1.82) is 0 Å². The maximum atomic E-state index is 11.9. The number of carbonyl (C=O) groups excluding carboxylic acids is 1. The fraction of sp³-hybridized carbons (Fsp3) is 0.364. The molecule has 1 aromatic carbocycles. The van der Waals surface area contributed by atoms with Crippen LogP contribution in [0.25, 0.3) is 0 Å². The zero-order valence-corrected chi connectivity index (χ0v) is 9.01. The minimum Gasteiger partial charge on any atom is -0.399 e. The van der Waals surface area contributed by atoms with Crippen molar-refractivity contribution in [2.75, 3.05) is 30.9 Å². The van der Waals surface area contributed by atoms with Gasteiger partial charge in [-0.15, -0.1) is 0 Å². The molecule has 1 unspecified atom stereocenters. The lowest BCUT2D eigenvalue weighted by Gasteiger charge is -2.11. The monoisotopic (exact) mass is 222 g/mol. The highest BCUT2D eigenvalue weighted by Crippen LogP contribution is 2.37. The number of rotatable bonds is 3. The molecule has 2 rings (SSSR count). The topological polar surface area (TPSA) is 75.8 Å². The summed E-state index contributed by atoms with van der Waals surface area (Å²) in [7, 11) is 1.69. The van der Waals surface area contributed by atoms with Gasteiger partial charge >= 0.3 is 0 Å². The average molecular weight is 222 g/mol. The van der Waals surface area contributed by atoms with Crippen molar-refractivity contribution < 1.29 is 14.6 Å².